The molecule has 2 aliphatic rings. The van der Waals surface area contributed by atoms with Gasteiger partial charge in [0.1, 0.15) is 0 Å². The van der Waals surface area contributed by atoms with Gasteiger partial charge in [-0.05, 0) is 24.0 Å². The Hall–Kier alpha value is -0.470. The predicted octanol–water partition coefficient (Wildman–Crippen LogP) is 2.51. The number of hydrogen-bond acceptors (Lipinski definition) is 2. The number of thioether (sulfide) groups is 1. The third-order valence-electron chi connectivity index (χ3n) is 3.85. The molecule has 2 N–H and O–H groups in total. The normalized spacial score (nSPS) is 23.5. The minimum Gasteiger partial charge on any atom is -0.330 e. The molecule has 1 saturated carbocycles. The molecule has 80 valence electrons. The summed E-state index contributed by atoms with van der Waals surface area (Å²) in [5, 5.41) is 0. The van der Waals surface area contributed by atoms with Crippen molar-refractivity contribution in [3.8, 4) is 0 Å². The molecule has 1 aromatic rings. The first-order valence-corrected chi connectivity index (χ1v) is 6.88. The van der Waals surface area contributed by atoms with Crippen molar-refractivity contribution >= 4 is 11.8 Å². The van der Waals surface area contributed by atoms with Crippen molar-refractivity contribution in [1.82, 2.24) is 0 Å². The van der Waals surface area contributed by atoms with Crippen molar-refractivity contribution in [2.45, 2.75) is 24.2 Å². The zero-order valence-corrected chi connectivity index (χ0v) is 9.72. The van der Waals surface area contributed by atoms with Crippen molar-refractivity contribution in [3.05, 3.63) is 35.4 Å². The topological polar surface area (TPSA) is 26.0 Å². The molecule has 0 spiro atoms. The fourth-order valence-corrected chi connectivity index (χ4v) is 3.17. The Morgan fingerprint density at radius 3 is 2.67 bits per heavy atom. The molecule has 0 bridgehead atoms. The molecule has 0 amide bonds. The molecule has 0 radical (unpaired) electrons. The molecule has 2 fully saturated rings. The third kappa shape index (κ3) is 1.60. The van der Waals surface area contributed by atoms with Gasteiger partial charge in [-0.3, -0.25) is 0 Å². The van der Waals surface area contributed by atoms with Crippen LogP contribution in [0, 0.1) is 0 Å². The van der Waals surface area contributed by atoms with Crippen LogP contribution in [0.15, 0.2) is 24.3 Å². The number of hydrogen-bond donors (Lipinski definition) is 1. The summed E-state index contributed by atoms with van der Waals surface area (Å²) in [6, 6.07) is 9.16. The maximum Gasteiger partial charge on any atom is 0.00763 e. The second-order valence-corrected chi connectivity index (χ2v) is 5.92. The number of nitrogens with two attached hydrogens (primary N) is 1. The van der Waals surface area contributed by atoms with Gasteiger partial charge < -0.3 is 5.73 Å². The second kappa shape index (κ2) is 3.53. The Morgan fingerprint density at radius 2 is 2.13 bits per heavy atom. The van der Waals surface area contributed by atoms with Crippen LogP contribution < -0.4 is 5.73 Å². The van der Waals surface area contributed by atoms with E-state index in [1.807, 2.05) is 0 Å². The minimum absolute atomic E-state index is 0.354. The van der Waals surface area contributed by atoms with Crippen molar-refractivity contribution in [1.29, 1.82) is 0 Å². The van der Waals surface area contributed by atoms with Gasteiger partial charge in [0.15, 0.2) is 0 Å². The molecule has 1 aliphatic heterocycles. The maximum absolute atomic E-state index is 5.87. The summed E-state index contributed by atoms with van der Waals surface area (Å²) in [6.07, 6.45) is 2.57. The quantitative estimate of drug-likeness (QED) is 0.845. The van der Waals surface area contributed by atoms with Crippen LogP contribution in [0.5, 0.6) is 0 Å². The van der Waals surface area contributed by atoms with Crippen LogP contribution in [-0.2, 0) is 5.41 Å². The van der Waals surface area contributed by atoms with E-state index in [0.717, 1.165) is 12.5 Å². The van der Waals surface area contributed by atoms with Crippen LogP contribution in [0.3, 0.4) is 0 Å². The van der Waals surface area contributed by atoms with Gasteiger partial charge in [0.2, 0.25) is 0 Å². The van der Waals surface area contributed by atoms with E-state index < -0.39 is 0 Å². The smallest absolute Gasteiger partial charge is 0.00763 e. The third-order valence-corrected chi connectivity index (χ3v) is 5.13. The van der Waals surface area contributed by atoms with Crippen LogP contribution in [-0.4, -0.2) is 18.1 Å². The highest BCUT2D eigenvalue weighted by molar-refractivity contribution is 8.00. The Labute approximate surface area is 95.4 Å². The molecule has 1 aliphatic carbocycles. The van der Waals surface area contributed by atoms with Gasteiger partial charge in [-0.25, -0.2) is 0 Å². The van der Waals surface area contributed by atoms with Gasteiger partial charge in [-0.1, -0.05) is 24.3 Å². The summed E-state index contributed by atoms with van der Waals surface area (Å²) in [6.45, 7) is 0.815. The molecule has 1 nitrogen and oxygen atoms in total. The molecular weight excluding hydrogens is 202 g/mol. The fraction of sp³-hybridized carbons (Fsp3) is 0.538. The van der Waals surface area contributed by atoms with Gasteiger partial charge in [0.25, 0.3) is 0 Å². The Kier molecular flexibility index (Phi) is 2.29. The van der Waals surface area contributed by atoms with E-state index in [2.05, 4.69) is 36.0 Å². The molecule has 1 saturated heterocycles. The lowest BCUT2D eigenvalue weighted by Crippen LogP contribution is -2.21. The lowest BCUT2D eigenvalue weighted by molar-refractivity contribution is 0.700. The predicted molar refractivity (Wildman–Crippen MR) is 66.5 cm³/mol. The number of rotatable bonds is 3. The summed E-state index contributed by atoms with van der Waals surface area (Å²) >= 11 is 2.05. The first-order chi connectivity index (χ1) is 7.34. The number of benzene rings is 1. The first kappa shape index (κ1) is 9.73. The van der Waals surface area contributed by atoms with Crippen molar-refractivity contribution in [3.63, 3.8) is 0 Å². The van der Waals surface area contributed by atoms with Gasteiger partial charge in [0.05, 0.1) is 0 Å². The average Bonchev–Trinajstić information content (AvgIpc) is 2.96. The summed E-state index contributed by atoms with van der Waals surface area (Å²) in [4.78, 5) is 0. The van der Waals surface area contributed by atoms with Crippen molar-refractivity contribution in [2.24, 2.45) is 5.73 Å². The van der Waals surface area contributed by atoms with Crippen LogP contribution in [0.2, 0.25) is 0 Å². The Balaban J connectivity index is 1.89. The first-order valence-electron chi connectivity index (χ1n) is 5.72. The highest BCUT2D eigenvalue weighted by atomic mass is 32.2. The standard InChI is InChI=1S/C13H17NS/c14-9-13(4-5-13)12-3-1-2-10(6-12)11-7-15-8-11/h1-3,6,11H,4-5,7-9,14H2. The van der Waals surface area contributed by atoms with E-state index in [1.54, 1.807) is 0 Å². The zero-order chi connectivity index (χ0) is 10.3. The van der Waals surface area contributed by atoms with Crippen LogP contribution in [0.1, 0.15) is 29.9 Å². The highest BCUT2D eigenvalue weighted by Gasteiger charge is 2.42. The molecule has 0 atom stereocenters. The summed E-state index contributed by atoms with van der Waals surface area (Å²) in [5.41, 5.74) is 9.24. The average molecular weight is 219 g/mol. The largest absolute Gasteiger partial charge is 0.330 e. The zero-order valence-electron chi connectivity index (χ0n) is 8.91. The van der Waals surface area contributed by atoms with Crippen LogP contribution >= 0.6 is 11.8 Å². The van der Waals surface area contributed by atoms with E-state index >= 15 is 0 Å². The van der Waals surface area contributed by atoms with Crippen LogP contribution in [0.25, 0.3) is 0 Å². The van der Waals surface area contributed by atoms with E-state index in [0.29, 0.717) is 5.41 Å². The van der Waals surface area contributed by atoms with E-state index in [4.69, 9.17) is 5.73 Å². The lowest BCUT2D eigenvalue weighted by atomic mass is 9.91. The Morgan fingerprint density at radius 1 is 1.33 bits per heavy atom. The van der Waals surface area contributed by atoms with E-state index in [-0.39, 0.29) is 0 Å². The van der Waals surface area contributed by atoms with Gasteiger partial charge in [0, 0.05) is 29.4 Å². The molecule has 0 aromatic heterocycles. The molecule has 15 heavy (non-hydrogen) atoms. The SMILES string of the molecule is NCC1(c2cccc(C3CSC3)c2)CC1. The van der Waals surface area contributed by atoms with Crippen molar-refractivity contribution in [2.75, 3.05) is 18.1 Å². The van der Waals surface area contributed by atoms with Crippen LogP contribution in [0.4, 0.5) is 0 Å². The monoisotopic (exact) mass is 219 g/mol. The van der Waals surface area contributed by atoms with Crippen molar-refractivity contribution < 1.29 is 0 Å². The fourth-order valence-electron chi connectivity index (χ4n) is 2.31. The highest BCUT2D eigenvalue weighted by Crippen LogP contribution is 2.48. The molecular formula is C13H17NS. The summed E-state index contributed by atoms with van der Waals surface area (Å²) < 4.78 is 0. The van der Waals surface area contributed by atoms with E-state index in [9.17, 15) is 0 Å². The maximum atomic E-state index is 5.87. The molecule has 0 unspecified atom stereocenters. The van der Waals surface area contributed by atoms with Gasteiger partial charge >= 0.3 is 0 Å². The summed E-state index contributed by atoms with van der Waals surface area (Å²) in [5.74, 6) is 3.42. The summed E-state index contributed by atoms with van der Waals surface area (Å²) in [7, 11) is 0. The molecule has 1 aromatic carbocycles. The van der Waals surface area contributed by atoms with Gasteiger partial charge in [-0.2, -0.15) is 11.8 Å². The lowest BCUT2D eigenvalue weighted by Gasteiger charge is -2.26. The van der Waals surface area contributed by atoms with Gasteiger partial charge in [-0.15, -0.1) is 0 Å². The molecule has 3 rings (SSSR count). The molecule has 2 heteroatoms. The minimum atomic E-state index is 0.354. The second-order valence-electron chi connectivity index (χ2n) is 4.84. The molecule has 1 heterocycles. The Bertz CT molecular complexity index is 367. The van der Waals surface area contributed by atoms with E-state index in [1.165, 1.54) is 35.5 Å².